The summed E-state index contributed by atoms with van der Waals surface area (Å²) in [5.74, 6) is 0.648. The number of anilines is 1. The lowest BCUT2D eigenvalue weighted by atomic mass is 9.94. The number of ether oxygens (including phenoxy) is 1. The fourth-order valence-electron chi connectivity index (χ4n) is 2.74. The third-order valence-corrected chi connectivity index (χ3v) is 5.57. The predicted octanol–water partition coefficient (Wildman–Crippen LogP) is 4.61. The summed E-state index contributed by atoms with van der Waals surface area (Å²) in [5, 5.41) is 0. The van der Waals surface area contributed by atoms with E-state index in [2.05, 4.69) is 4.72 Å². The highest BCUT2D eigenvalue weighted by molar-refractivity contribution is 7.92. The highest BCUT2D eigenvalue weighted by Gasteiger charge is 2.30. The average Bonchev–Trinajstić information content (AvgIpc) is 2.52. The van der Waals surface area contributed by atoms with Gasteiger partial charge in [-0.2, -0.15) is 13.2 Å². The van der Waals surface area contributed by atoms with Gasteiger partial charge in [0.2, 0.25) is 0 Å². The van der Waals surface area contributed by atoms with E-state index in [0.717, 1.165) is 36.2 Å². The Kier molecular flexibility index (Phi) is 4.42. The van der Waals surface area contributed by atoms with E-state index < -0.39 is 21.8 Å². The molecule has 8 heteroatoms. The Bertz CT molecular complexity index is 920. The Hall–Kier alpha value is -2.22. The minimum absolute atomic E-state index is 0.0412. The quantitative estimate of drug-likeness (QED) is 0.840. The van der Waals surface area contributed by atoms with E-state index in [1.807, 2.05) is 13.8 Å². The number of hydrogen-bond acceptors (Lipinski definition) is 3. The van der Waals surface area contributed by atoms with Crippen molar-refractivity contribution in [3.63, 3.8) is 0 Å². The summed E-state index contributed by atoms with van der Waals surface area (Å²) in [6.07, 6.45) is -3.02. The van der Waals surface area contributed by atoms with Gasteiger partial charge < -0.3 is 4.74 Å². The first-order chi connectivity index (χ1) is 12.0. The number of benzene rings is 2. The molecule has 1 heterocycles. The Morgan fingerprint density at radius 3 is 2.35 bits per heavy atom. The molecule has 3 rings (SSSR count). The van der Waals surface area contributed by atoms with Gasteiger partial charge in [0.1, 0.15) is 11.4 Å². The van der Waals surface area contributed by atoms with E-state index in [1.54, 1.807) is 6.07 Å². The first-order valence-electron chi connectivity index (χ1n) is 7.98. The van der Waals surface area contributed by atoms with Crippen LogP contribution in [0.3, 0.4) is 0 Å². The van der Waals surface area contributed by atoms with Crippen LogP contribution in [0.4, 0.5) is 18.9 Å². The highest BCUT2D eigenvalue weighted by atomic mass is 32.2. The maximum Gasteiger partial charge on any atom is 0.416 e. The van der Waals surface area contributed by atoms with Gasteiger partial charge in [0, 0.05) is 5.69 Å². The topological polar surface area (TPSA) is 55.4 Å². The normalized spacial score (nSPS) is 16.5. The van der Waals surface area contributed by atoms with E-state index >= 15 is 0 Å². The monoisotopic (exact) mass is 385 g/mol. The minimum atomic E-state index is -4.47. The zero-order chi connectivity index (χ0) is 19.2. The van der Waals surface area contributed by atoms with Crippen LogP contribution in [0.25, 0.3) is 0 Å². The van der Waals surface area contributed by atoms with Gasteiger partial charge in [-0.3, -0.25) is 4.72 Å². The molecule has 1 aliphatic rings. The van der Waals surface area contributed by atoms with Crippen molar-refractivity contribution < 1.29 is 26.3 Å². The molecule has 1 aliphatic heterocycles. The summed E-state index contributed by atoms with van der Waals surface area (Å²) >= 11 is 0. The Labute approximate surface area is 150 Å². The molecule has 0 atom stereocenters. The molecule has 140 valence electrons. The molecule has 0 amide bonds. The van der Waals surface area contributed by atoms with Gasteiger partial charge in [0.05, 0.1) is 10.5 Å². The van der Waals surface area contributed by atoms with Crippen LogP contribution < -0.4 is 9.46 Å². The number of rotatable bonds is 3. The van der Waals surface area contributed by atoms with E-state index in [0.29, 0.717) is 12.2 Å². The molecule has 26 heavy (non-hydrogen) atoms. The van der Waals surface area contributed by atoms with Crippen LogP contribution in [0, 0.1) is 0 Å². The molecule has 0 aromatic heterocycles. The standard InChI is InChI=1S/C18H18F3NO3S/c1-17(2)10-9-12-11-15(7-8-16(12)25-17)26(23,24)22-14-5-3-13(4-6-14)18(19,20)21/h3-8,11,22H,9-10H2,1-2H3. The number of alkyl halides is 3. The van der Waals surface area contributed by atoms with Gasteiger partial charge in [-0.1, -0.05) is 0 Å². The van der Waals surface area contributed by atoms with Crippen LogP contribution in [-0.2, 0) is 22.6 Å². The van der Waals surface area contributed by atoms with Gasteiger partial charge in [-0.25, -0.2) is 8.42 Å². The molecule has 0 radical (unpaired) electrons. The summed E-state index contributed by atoms with van der Waals surface area (Å²) in [4.78, 5) is 0.0412. The fraction of sp³-hybridized carbons (Fsp3) is 0.333. The Balaban J connectivity index is 1.83. The second kappa shape index (κ2) is 6.19. The van der Waals surface area contributed by atoms with Crippen LogP contribution >= 0.6 is 0 Å². The number of aryl methyl sites for hydroxylation is 1. The van der Waals surface area contributed by atoms with Crippen molar-refractivity contribution in [2.24, 2.45) is 0 Å². The van der Waals surface area contributed by atoms with Crippen LogP contribution in [-0.4, -0.2) is 14.0 Å². The van der Waals surface area contributed by atoms with Crippen LogP contribution in [0.2, 0.25) is 0 Å². The fourth-order valence-corrected chi connectivity index (χ4v) is 3.85. The lowest BCUT2D eigenvalue weighted by molar-refractivity contribution is -0.137. The van der Waals surface area contributed by atoms with Crippen molar-refractivity contribution in [2.45, 2.75) is 43.4 Å². The lowest BCUT2D eigenvalue weighted by Gasteiger charge is -2.32. The van der Waals surface area contributed by atoms with Gasteiger partial charge >= 0.3 is 6.18 Å². The van der Waals surface area contributed by atoms with Gasteiger partial charge in [0.25, 0.3) is 10.0 Å². The molecular weight excluding hydrogens is 367 g/mol. The summed E-state index contributed by atoms with van der Waals surface area (Å²) in [5.41, 5.74) is -0.284. The first kappa shape index (κ1) is 18.6. The third kappa shape index (κ3) is 3.95. The second-order valence-electron chi connectivity index (χ2n) is 6.81. The first-order valence-corrected chi connectivity index (χ1v) is 9.47. The van der Waals surface area contributed by atoms with E-state index in [1.165, 1.54) is 12.1 Å². The summed E-state index contributed by atoms with van der Waals surface area (Å²) < 4.78 is 70.9. The van der Waals surface area contributed by atoms with Crippen LogP contribution in [0.1, 0.15) is 31.4 Å². The van der Waals surface area contributed by atoms with Gasteiger partial charge in [-0.05, 0) is 74.7 Å². The molecular formula is C18H18F3NO3S. The second-order valence-corrected chi connectivity index (χ2v) is 8.49. The van der Waals surface area contributed by atoms with Crippen LogP contribution in [0.15, 0.2) is 47.4 Å². The zero-order valence-corrected chi connectivity index (χ0v) is 15.0. The van der Waals surface area contributed by atoms with Crippen molar-refractivity contribution >= 4 is 15.7 Å². The highest BCUT2D eigenvalue weighted by Crippen LogP contribution is 2.35. The molecule has 1 N–H and O–H groups in total. The average molecular weight is 385 g/mol. The van der Waals surface area contributed by atoms with Gasteiger partial charge in [0.15, 0.2) is 0 Å². The lowest BCUT2D eigenvalue weighted by Crippen LogP contribution is -2.32. The number of hydrogen-bond donors (Lipinski definition) is 1. The molecule has 0 saturated carbocycles. The Morgan fingerprint density at radius 2 is 1.73 bits per heavy atom. The smallest absolute Gasteiger partial charge is 0.416 e. The number of fused-ring (bicyclic) bond motifs is 1. The van der Waals surface area contributed by atoms with Crippen LogP contribution in [0.5, 0.6) is 5.75 Å². The molecule has 4 nitrogen and oxygen atoms in total. The number of halogens is 3. The summed E-state index contributed by atoms with van der Waals surface area (Å²) in [6, 6.07) is 8.41. The largest absolute Gasteiger partial charge is 0.488 e. The van der Waals surface area contributed by atoms with Crippen molar-refractivity contribution in [3.8, 4) is 5.75 Å². The maximum atomic E-state index is 12.6. The number of sulfonamides is 1. The molecule has 0 bridgehead atoms. The molecule has 0 unspecified atom stereocenters. The summed E-state index contributed by atoms with van der Waals surface area (Å²) in [6.45, 7) is 3.93. The van der Waals surface area contributed by atoms with Crippen molar-refractivity contribution in [3.05, 3.63) is 53.6 Å². The third-order valence-electron chi connectivity index (χ3n) is 4.19. The van der Waals surface area contributed by atoms with E-state index in [9.17, 15) is 21.6 Å². The minimum Gasteiger partial charge on any atom is -0.488 e. The molecule has 2 aromatic rings. The Morgan fingerprint density at radius 1 is 1.08 bits per heavy atom. The van der Waals surface area contributed by atoms with Crippen molar-refractivity contribution in [2.75, 3.05) is 4.72 Å². The summed E-state index contributed by atoms with van der Waals surface area (Å²) in [7, 11) is -3.91. The molecule has 0 fully saturated rings. The van der Waals surface area contributed by atoms with Crippen molar-refractivity contribution in [1.82, 2.24) is 0 Å². The molecule has 2 aromatic carbocycles. The zero-order valence-electron chi connectivity index (χ0n) is 14.2. The predicted molar refractivity (Wildman–Crippen MR) is 91.7 cm³/mol. The maximum absolute atomic E-state index is 12.6. The van der Waals surface area contributed by atoms with E-state index in [-0.39, 0.29) is 16.2 Å². The molecule has 0 saturated heterocycles. The molecule has 0 aliphatic carbocycles. The van der Waals surface area contributed by atoms with Gasteiger partial charge in [-0.15, -0.1) is 0 Å². The van der Waals surface area contributed by atoms with Crippen molar-refractivity contribution in [1.29, 1.82) is 0 Å². The van der Waals surface area contributed by atoms with E-state index in [4.69, 9.17) is 4.74 Å². The molecule has 0 spiro atoms. The number of nitrogens with one attached hydrogen (secondary N) is 1. The SMILES string of the molecule is CC1(C)CCc2cc(S(=O)(=O)Nc3ccc(C(F)(F)F)cc3)ccc2O1.